The lowest BCUT2D eigenvalue weighted by atomic mass is 9.98. The van der Waals surface area contributed by atoms with Crippen LogP contribution in [-0.2, 0) is 27.9 Å². The summed E-state index contributed by atoms with van der Waals surface area (Å²) in [5, 5.41) is 9.40. The molecule has 3 aliphatic carbocycles. The third-order valence-corrected chi connectivity index (χ3v) is 12.0. The summed E-state index contributed by atoms with van der Waals surface area (Å²) >= 11 is 6.18. The Morgan fingerprint density at radius 1 is 0.717 bits per heavy atom. The number of hydrogen-bond acceptors (Lipinski definition) is 4. The van der Waals surface area contributed by atoms with Gasteiger partial charge in [0, 0.05) is 17.3 Å². The van der Waals surface area contributed by atoms with E-state index in [0.29, 0.717) is 35.8 Å². The van der Waals surface area contributed by atoms with E-state index in [1.54, 1.807) is 0 Å². The van der Waals surface area contributed by atoms with Gasteiger partial charge >= 0.3 is 5.97 Å². The lowest BCUT2D eigenvalue weighted by molar-refractivity contribution is -0.119. The van der Waals surface area contributed by atoms with Crippen LogP contribution in [-0.4, -0.2) is 36.3 Å². The number of sulfonamides is 1. The van der Waals surface area contributed by atoms with E-state index in [0.717, 1.165) is 55.0 Å². The van der Waals surface area contributed by atoms with Crippen LogP contribution in [0, 0.1) is 34.9 Å². The first-order valence-corrected chi connectivity index (χ1v) is 18.7. The highest BCUT2D eigenvalue weighted by atomic mass is 35.5. The second-order valence-electron chi connectivity index (χ2n) is 13.8. The number of carbonyl (C=O) groups is 2. The van der Waals surface area contributed by atoms with Gasteiger partial charge < -0.3 is 10.0 Å². The number of benzene rings is 4. The summed E-state index contributed by atoms with van der Waals surface area (Å²) in [5.41, 5.74) is 3.45. The molecular formula is C38H31ClF6N2O5S. The van der Waals surface area contributed by atoms with Gasteiger partial charge in [-0.15, -0.1) is 0 Å². The van der Waals surface area contributed by atoms with Crippen molar-refractivity contribution in [3.8, 4) is 0 Å². The first-order chi connectivity index (χ1) is 25.1. The van der Waals surface area contributed by atoms with Crippen molar-refractivity contribution in [3.63, 3.8) is 0 Å². The zero-order chi connectivity index (χ0) is 37.9. The fraction of sp³-hybridized carbons (Fsp3) is 0.316. The van der Waals surface area contributed by atoms with Crippen molar-refractivity contribution in [3.05, 3.63) is 128 Å². The van der Waals surface area contributed by atoms with Crippen LogP contribution < -0.4 is 4.90 Å². The number of aromatic carboxylic acids is 1. The van der Waals surface area contributed by atoms with E-state index in [1.165, 1.54) is 23.1 Å². The van der Waals surface area contributed by atoms with Crippen LogP contribution in [0.3, 0.4) is 0 Å². The van der Waals surface area contributed by atoms with Crippen molar-refractivity contribution in [1.29, 1.82) is 0 Å². The van der Waals surface area contributed by atoms with Gasteiger partial charge in [0.1, 0.15) is 5.82 Å². The third kappa shape index (κ3) is 7.54. The van der Waals surface area contributed by atoms with Crippen LogP contribution in [0.5, 0.6) is 0 Å². The van der Waals surface area contributed by atoms with Crippen molar-refractivity contribution in [2.75, 3.05) is 11.4 Å². The molecule has 3 aliphatic rings. The van der Waals surface area contributed by atoms with E-state index >= 15 is 8.78 Å². The Kier molecular flexibility index (Phi) is 9.83. The van der Waals surface area contributed by atoms with Crippen molar-refractivity contribution in [2.45, 2.75) is 74.3 Å². The maximum absolute atomic E-state index is 15.1. The Balaban J connectivity index is 1.35. The Morgan fingerprint density at radius 2 is 1.28 bits per heavy atom. The smallest absolute Gasteiger partial charge is 0.335 e. The Hall–Kier alpha value is -4.40. The van der Waals surface area contributed by atoms with Crippen LogP contribution >= 0.6 is 11.6 Å². The predicted octanol–water partition coefficient (Wildman–Crippen LogP) is 8.93. The minimum atomic E-state index is -5.73. The van der Waals surface area contributed by atoms with Gasteiger partial charge in [-0.2, -0.15) is 4.31 Å². The van der Waals surface area contributed by atoms with E-state index in [1.807, 2.05) is 12.1 Å². The molecule has 1 amide bonds. The molecule has 4 aromatic carbocycles. The number of nitrogens with zero attached hydrogens (tertiary/aromatic N) is 2. The van der Waals surface area contributed by atoms with Gasteiger partial charge in [-0.1, -0.05) is 35.9 Å². The molecule has 0 spiro atoms. The second-order valence-corrected chi connectivity index (χ2v) is 16.1. The SMILES string of the molecule is O=C(O)c1ccc(N(Cc2cc(C3CC3)cc(C3CC3)c2)C(=O)CN(Cc2ccc(F)cc2Cl)S(=O)(=O)c2c(F)c(F)c(F)c(F)c2F)c(C2CC2)c1. The highest BCUT2D eigenvalue weighted by molar-refractivity contribution is 7.89. The van der Waals surface area contributed by atoms with Crippen LogP contribution in [0.1, 0.15) is 94.5 Å². The van der Waals surface area contributed by atoms with E-state index < -0.39 is 74.8 Å². The van der Waals surface area contributed by atoms with Crippen molar-refractivity contribution < 1.29 is 49.5 Å². The fourth-order valence-corrected chi connectivity index (χ4v) is 8.24. The minimum absolute atomic E-state index is 0.0451. The van der Waals surface area contributed by atoms with E-state index in [9.17, 15) is 40.7 Å². The Labute approximate surface area is 305 Å². The van der Waals surface area contributed by atoms with Gasteiger partial charge in [-0.3, -0.25) is 4.79 Å². The monoisotopic (exact) mass is 776 g/mol. The van der Waals surface area contributed by atoms with E-state index in [4.69, 9.17) is 11.6 Å². The Bertz CT molecular complexity index is 2220. The molecule has 0 radical (unpaired) electrons. The summed E-state index contributed by atoms with van der Waals surface area (Å²) in [6, 6.07) is 13.0. The topological polar surface area (TPSA) is 95.0 Å². The van der Waals surface area contributed by atoms with Crippen molar-refractivity contribution >= 4 is 39.2 Å². The summed E-state index contributed by atoms with van der Waals surface area (Å²) in [7, 11) is -5.73. The summed E-state index contributed by atoms with van der Waals surface area (Å²) in [6.45, 7) is -2.26. The predicted molar refractivity (Wildman–Crippen MR) is 182 cm³/mol. The normalized spacial score (nSPS) is 15.9. The van der Waals surface area contributed by atoms with E-state index in [-0.39, 0.29) is 38.6 Å². The molecule has 3 saturated carbocycles. The molecule has 15 heteroatoms. The van der Waals surface area contributed by atoms with Gasteiger partial charge in [0.05, 0.1) is 18.7 Å². The van der Waals surface area contributed by atoms with Crippen LogP contribution in [0.15, 0.2) is 59.5 Å². The first-order valence-electron chi connectivity index (χ1n) is 16.9. The molecule has 0 aliphatic heterocycles. The van der Waals surface area contributed by atoms with Crippen molar-refractivity contribution in [1.82, 2.24) is 4.31 Å². The van der Waals surface area contributed by atoms with Crippen LogP contribution in [0.2, 0.25) is 5.02 Å². The molecule has 7 rings (SSSR count). The minimum Gasteiger partial charge on any atom is -0.478 e. The number of carboxylic acids is 1. The number of hydrogen-bond donors (Lipinski definition) is 1. The number of amides is 1. The van der Waals surface area contributed by atoms with Gasteiger partial charge in [0.2, 0.25) is 21.7 Å². The van der Waals surface area contributed by atoms with Gasteiger partial charge in [-0.25, -0.2) is 39.6 Å². The number of carbonyl (C=O) groups excluding carboxylic acids is 1. The molecular weight excluding hydrogens is 746 g/mol. The number of rotatable bonds is 13. The number of halogens is 7. The lowest BCUT2D eigenvalue weighted by Crippen LogP contribution is -2.43. The summed E-state index contributed by atoms with van der Waals surface area (Å²) in [5.74, 6) is -15.3. The van der Waals surface area contributed by atoms with Crippen LogP contribution in [0.4, 0.5) is 32.0 Å². The maximum atomic E-state index is 15.1. The van der Waals surface area contributed by atoms with Gasteiger partial charge in [-0.05, 0) is 114 Å². The standard InChI is InChI=1S/C38H31ClF6N2O5S/c39-29-15-27(40)9-7-24(29)17-46(53(51,52)37-35(44)33(42)32(41)34(43)36(37)45)18-31(48)47(30-10-8-23(38(49)50)14-28(30)22-5-6-22)16-19-11-25(20-1-2-20)13-26(12-19)21-3-4-21/h7-15,20-22H,1-6,16-18H2,(H,49,50). The molecule has 1 N–H and O–H groups in total. The number of carboxylic acid groups (broad SMARTS) is 1. The molecule has 0 saturated heterocycles. The molecule has 0 bridgehead atoms. The molecule has 3 fully saturated rings. The molecule has 0 atom stereocenters. The Morgan fingerprint density at radius 3 is 1.81 bits per heavy atom. The summed E-state index contributed by atoms with van der Waals surface area (Å²) < 4.78 is 115. The molecule has 0 heterocycles. The second kappa shape index (κ2) is 14.1. The van der Waals surface area contributed by atoms with Gasteiger partial charge in [0.25, 0.3) is 0 Å². The summed E-state index contributed by atoms with van der Waals surface area (Å²) in [6.07, 6.45) is 5.35. The van der Waals surface area contributed by atoms with Gasteiger partial charge in [0.15, 0.2) is 28.2 Å². The zero-order valence-corrected chi connectivity index (χ0v) is 29.4. The van der Waals surface area contributed by atoms with E-state index in [2.05, 4.69) is 6.07 Å². The van der Waals surface area contributed by atoms with Crippen LogP contribution in [0.25, 0.3) is 0 Å². The summed E-state index contributed by atoms with van der Waals surface area (Å²) in [4.78, 5) is 25.6. The maximum Gasteiger partial charge on any atom is 0.335 e. The largest absolute Gasteiger partial charge is 0.478 e. The average molecular weight is 777 g/mol. The molecule has 53 heavy (non-hydrogen) atoms. The van der Waals surface area contributed by atoms with Crippen molar-refractivity contribution in [2.24, 2.45) is 0 Å². The molecule has 7 nitrogen and oxygen atoms in total. The molecule has 278 valence electrons. The highest BCUT2D eigenvalue weighted by Crippen LogP contribution is 2.47. The quantitative estimate of drug-likeness (QED) is 0.0832. The molecule has 4 aromatic rings. The fourth-order valence-electron chi connectivity index (χ4n) is 6.53. The molecule has 0 unspecified atom stereocenters. The zero-order valence-electron chi connectivity index (χ0n) is 27.8. The third-order valence-electron chi connectivity index (χ3n) is 9.80. The lowest BCUT2D eigenvalue weighted by Gasteiger charge is -2.30. The molecule has 0 aromatic heterocycles. The first kappa shape index (κ1) is 36.9. The highest BCUT2D eigenvalue weighted by Gasteiger charge is 2.40. The average Bonchev–Trinajstić information content (AvgIpc) is 3.97. The number of anilines is 1.